The van der Waals surface area contributed by atoms with E-state index in [4.69, 9.17) is 4.74 Å². The van der Waals surface area contributed by atoms with Gasteiger partial charge in [0.2, 0.25) is 0 Å². The van der Waals surface area contributed by atoms with Crippen LogP contribution in [0.1, 0.15) is 25.3 Å². The minimum atomic E-state index is -0.459. The molecule has 1 N–H and O–H groups in total. The zero-order valence-corrected chi connectivity index (χ0v) is 11.9. The highest BCUT2D eigenvalue weighted by Crippen LogP contribution is 2.20. The molecule has 0 aromatic heterocycles. The third kappa shape index (κ3) is 3.29. The lowest BCUT2D eigenvalue weighted by Gasteiger charge is -2.23. The van der Waals surface area contributed by atoms with E-state index in [0.717, 1.165) is 17.7 Å². The average Bonchev–Trinajstić information content (AvgIpc) is 2.88. The van der Waals surface area contributed by atoms with Crippen LogP contribution in [0.3, 0.4) is 0 Å². The molecule has 1 aliphatic rings. The standard InChI is InChI=1S/C15H20N2O3/c1-3-20-14(18)13-8-5-9-17(13)15(19)16-12-7-4-6-11(2)10-12/h4,6-7,10,13H,3,5,8-9H2,1-2H3,(H,16,19). The van der Waals surface area contributed by atoms with Crippen LogP contribution in [0.4, 0.5) is 10.5 Å². The minimum absolute atomic E-state index is 0.244. The van der Waals surface area contributed by atoms with Gasteiger partial charge in [-0.25, -0.2) is 9.59 Å². The van der Waals surface area contributed by atoms with Crippen molar-refractivity contribution in [3.05, 3.63) is 29.8 Å². The van der Waals surface area contributed by atoms with E-state index in [1.165, 1.54) is 0 Å². The van der Waals surface area contributed by atoms with Gasteiger partial charge in [-0.15, -0.1) is 0 Å². The first-order valence-corrected chi connectivity index (χ1v) is 6.92. The van der Waals surface area contributed by atoms with Crippen molar-refractivity contribution in [3.8, 4) is 0 Å². The van der Waals surface area contributed by atoms with Crippen molar-refractivity contribution in [2.45, 2.75) is 32.7 Å². The number of carbonyl (C=O) groups is 2. The summed E-state index contributed by atoms with van der Waals surface area (Å²) in [5.74, 6) is -0.315. The Hall–Kier alpha value is -2.04. The Morgan fingerprint density at radius 3 is 2.95 bits per heavy atom. The molecule has 2 amide bonds. The van der Waals surface area contributed by atoms with E-state index in [2.05, 4.69) is 5.32 Å². The summed E-state index contributed by atoms with van der Waals surface area (Å²) in [7, 11) is 0. The van der Waals surface area contributed by atoms with Crippen molar-refractivity contribution in [1.82, 2.24) is 4.90 Å². The topological polar surface area (TPSA) is 58.6 Å². The maximum Gasteiger partial charge on any atom is 0.328 e. The molecule has 1 fully saturated rings. The number of nitrogens with one attached hydrogen (secondary N) is 1. The molecule has 0 radical (unpaired) electrons. The predicted molar refractivity (Wildman–Crippen MR) is 76.6 cm³/mol. The van der Waals surface area contributed by atoms with Crippen LogP contribution >= 0.6 is 0 Å². The van der Waals surface area contributed by atoms with Crippen LogP contribution in [0.2, 0.25) is 0 Å². The lowest BCUT2D eigenvalue weighted by Crippen LogP contribution is -2.43. The van der Waals surface area contributed by atoms with Crippen molar-refractivity contribution < 1.29 is 14.3 Å². The molecule has 1 aliphatic heterocycles. The molecular weight excluding hydrogens is 256 g/mol. The van der Waals surface area contributed by atoms with Gasteiger partial charge >= 0.3 is 12.0 Å². The van der Waals surface area contributed by atoms with Gasteiger partial charge in [-0.2, -0.15) is 0 Å². The first-order valence-electron chi connectivity index (χ1n) is 6.92. The van der Waals surface area contributed by atoms with E-state index in [-0.39, 0.29) is 12.0 Å². The predicted octanol–water partition coefficient (Wildman–Crippen LogP) is 2.55. The number of likely N-dealkylation sites (tertiary alicyclic amines) is 1. The zero-order chi connectivity index (χ0) is 14.5. The summed E-state index contributed by atoms with van der Waals surface area (Å²) in [6, 6.07) is 6.88. The SMILES string of the molecule is CCOC(=O)C1CCCN1C(=O)Nc1cccc(C)c1. The average molecular weight is 276 g/mol. The van der Waals surface area contributed by atoms with E-state index in [1.807, 2.05) is 31.2 Å². The van der Waals surface area contributed by atoms with Crippen LogP contribution in [0.5, 0.6) is 0 Å². The number of benzene rings is 1. The van der Waals surface area contributed by atoms with Crippen molar-refractivity contribution >= 4 is 17.7 Å². The fourth-order valence-electron chi connectivity index (χ4n) is 2.41. The molecular formula is C15H20N2O3. The fraction of sp³-hybridized carbons (Fsp3) is 0.467. The second-order valence-corrected chi connectivity index (χ2v) is 4.90. The van der Waals surface area contributed by atoms with Crippen LogP contribution < -0.4 is 5.32 Å². The summed E-state index contributed by atoms with van der Waals surface area (Å²) in [5, 5.41) is 2.83. The molecule has 108 valence electrons. The number of nitrogens with zero attached hydrogens (tertiary/aromatic N) is 1. The van der Waals surface area contributed by atoms with Crippen molar-refractivity contribution in [1.29, 1.82) is 0 Å². The molecule has 1 aromatic rings. The van der Waals surface area contributed by atoms with Gasteiger partial charge in [-0.1, -0.05) is 12.1 Å². The quantitative estimate of drug-likeness (QED) is 0.863. The number of urea groups is 1. The molecule has 20 heavy (non-hydrogen) atoms. The second-order valence-electron chi connectivity index (χ2n) is 4.90. The van der Waals surface area contributed by atoms with E-state index in [9.17, 15) is 9.59 Å². The molecule has 0 saturated carbocycles. The highest BCUT2D eigenvalue weighted by molar-refractivity contribution is 5.93. The van der Waals surface area contributed by atoms with Gasteiger partial charge in [0.25, 0.3) is 0 Å². The van der Waals surface area contributed by atoms with Crippen molar-refractivity contribution in [3.63, 3.8) is 0 Å². The Labute approximate surface area is 118 Å². The minimum Gasteiger partial charge on any atom is -0.464 e. The monoisotopic (exact) mass is 276 g/mol. The van der Waals surface area contributed by atoms with Gasteiger partial charge in [0.15, 0.2) is 0 Å². The molecule has 1 unspecified atom stereocenters. The molecule has 1 heterocycles. The molecule has 1 atom stereocenters. The summed E-state index contributed by atoms with van der Waals surface area (Å²) >= 11 is 0. The third-order valence-corrected chi connectivity index (χ3v) is 3.34. The number of amides is 2. The summed E-state index contributed by atoms with van der Waals surface area (Å²) in [6.45, 7) is 4.65. The Balaban J connectivity index is 2.02. The zero-order valence-electron chi connectivity index (χ0n) is 11.9. The van der Waals surface area contributed by atoms with Gasteiger partial charge < -0.3 is 15.0 Å². The molecule has 1 saturated heterocycles. The Morgan fingerprint density at radius 1 is 1.45 bits per heavy atom. The van der Waals surface area contributed by atoms with Crippen LogP contribution in [-0.2, 0) is 9.53 Å². The van der Waals surface area contributed by atoms with Gasteiger partial charge in [-0.3, -0.25) is 0 Å². The number of ether oxygens (including phenoxy) is 1. The first-order chi connectivity index (χ1) is 9.61. The molecule has 0 bridgehead atoms. The second kappa shape index (κ2) is 6.41. The number of aryl methyl sites for hydroxylation is 1. The maximum absolute atomic E-state index is 12.3. The third-order valence-electron chi connectivity index (χ3n) is 3.34. The van der Waals surface area contributed by atoms with E-state index >= 15 is 0 Å². The number of rotatable bonds is 3. The smallest absolute Gasteiger partial charge is 0.328 e. The molecule has 0 spiro atoms. The highest BCUT2D eigenvalue weighted by Gasteiger charge is 2.35. The van der Waals surface area contributed by atoms with Crippen LogP contribution in [-0.4, -0.2) is 36.1 Å². The van der Waals surface area contributed by atoms with E-state index in [0.29, 0.717) is 19.6 Å². The van der Waals surface area contributed by atoms with Gasteiger partial charge in [0, 0.05) is 12.2 Å². The van der Waals surface area contributed by atoms with E-state index < -0.39 is 6.04 Å². The summed E-state index contributed by atoms with van der Waals surface area (Å²) in [5.41, 5.74) is 1.82. The lowest BCUT2D eigenvalue weighted by atomic mass is 10.2. The maximum atomic E-state index is 12.3. The van der Waals surface area contributed by atoms with Crippen LogP contribution in [0, 0.1) is 6.92 Å². The Bertz CT molecular complexity index is 502. The lowest BCUT2D eigenvalue weighted by molar-refractivity contribution is -0.147. The van der Waals surface area contributed by atoms with Crippen LogP contribution in [0.15, 0.2) is 24.3 Å². The van der Waals surface area contributed by atoms with Gasteiger partial charge in [0.1, 0.15) is 6.04 Å². The van der Waals surface area contributed by atoms with Gasteiger partial charge in [0.05, 0.1) is 6.61 Å². The summed E-state index contributed by atoms with van der Waals surface area (Å²) in [4.78, 5) is 25.6. The number of hydrogen-bond acceptors (Lipinski definition) is 3. The first kappa shape index (κ1) is 14.4. The fourth-order valence-corrected chi connectivity index (χ4v) is 2.41. The van der Waals surface area contributed by atoms with E-state index in [1.54, 1.807) is 11.8 Å². The molecule has 0 aliphatic carbocycles. The van der Waals surface area contributed by atoms with Gasteiger partial charge in [-0.05, 0) is 44.4 Å². The normalized spacial score (nSPS) is 17.9. The summed E-state index contributed by atoms with van der Waals surface area (Å²) < 4.78 is 5.01. The summed E-state index contributed by atoms with van der Waals surface area (Å²) in [6.07, 6.45) is 1.49. The Kier molecular flexibility index (Phi) is 4.61. The van der Waals surface area contributed by atoms with Crippen LogP contribution in [0.25, 0.3) is 0 Å². The largest absolute Gasteiger partial charge is 0.464 e. The Morgan fingerprint density at radius 2 is 2.25 bits per heavy atom. The number of anilines is 1. The number of esters is 1. The molecule has 5 heteroatoms. The molecule has 2 rings (SSSR count). The molecule has 1 aromatic carbocycles. The van der Waals surface area contributed by atoms with Crippen molar-refractivity contribution in [2.24, 2.45) is 0 Å². The molecule has 5 nitrogen and oxygen atoms in total. The van der Waals surface area contributed by atoms with Crippen molar-refractivity contribution in [2.75, 3.05) is 18.5 Å². The number of carbonyl (C=O) groups excluding carboxylic acids is 2. The highest BCUT2D eigenvalue weighted by atomic mass is 16.5. The number of hydrogen-bond donors (Lipinski definition) is 1.